The Morgan fingerprint density at radius 2 is 2.26 bits per heavy atom. The Kier molecular flexibility index (Phi) is 8.46. The van der Waals surface area contributed by atoms with Crippen molar-refractivity contribution in [1.82, 2.24) is 5.32 Å². The summed E-state index contributed by atoms with van der Waals surface area (Å²) in [6.07, 6.45) is 15.4. The number of nitrogens with two attached hydrogens (primary N) is 1. The van der Waals surface area contributed by atoms with Gasteiger partial charge in [0, 0.05) is 19.2 Å². The van der Waals surface area contributed by atoms with Gasteiger partial charge >= 0.3 is 5.96 Å². The van der Waals surface area contributed by atoms with Gasteiger partial charge in [-0.05, 0) is 55.9 Å². The Bertz CT molecular complexity index is 704. The fourth-order valence-corrected chi connectivity index (χ4v) is 3.75. The van der Waals surface area contributed by atoms with E-state index < -0.39 is 0 Å². The first kappa shape index (κ1) is 21.1. The molecule has 4 heteroatoms. The van der Waals surface area contributed by atoms with E-state index in [1.54, 1.807) is 4.58 Å². The molecule has 2 aliphatic rings. The van der Waals surface area contributed by atoms with Crippen LogP contribution in [0.4, 0.5) is 0 Å². The summed E-state index contributed by atoms with van der Waals surface area (Å²) in [5.74, 6) is 0.781. The second-order valence-corrected chi connectivity index (χ2v) is 7.07. The third-order valence-electron chi connectivity index (χ3n) is 5.14. The van der Waals surface area contributed by atoms with Crippen LogP contribution in [0.2, 0.25) is 0 Å². The Balaban J connectivity index is 2.16. The van der Waals surface area contributed by atoms with Crippen molar-refractivity contribution in [3.05, 3.63) is 59.3 Å². The van der Waals surface area contributed by atoms with Crippen LogP contribution in [0, 0.1) is 5.92 Å². The minimum atomic E-state index is 0.275. The molecule has 2 aliphatic carbocycles. The predicted octanol–water partition coefficient (Wildman–Crippen LogP) is 3.74. The summed E-state index contributed by atoms with van der Waals surface area (Å²) in [6, 6.07) is 0. The Labute approximate surface area is 164 Å². The van der Waals surface area contributed by atoms with E-state index in [0.29, 0.717) is 12.5 Å². The van der Waals surface area contributed by atoms with Gasteiger partial charge in [-0.15, -0.1) is 4.99 Å². The molecular formula is C23H35N4+. The topological polar surface area (TPSA) is 53.4 Å². The molecule has 1 atom stereocenters. The van der Waals surface area contributed by atoms with Crippen LogP contribution in [0.1, 0.15) is 39.5 Å². The van der Waals surface area contributed by atoms with Crippen molar-refractivity contribution in [2.45, 2.75) is 39.5 Å². The fourth-order valence-electron chi connectivity index (χ4n) is 3.75. The molecular weight excluding hydrogens is 332 g/mol. The van der Waals surface area contributed by atoms with Gasteiger partial charge in [-0.25, -0.2) is 4.58 Å². The van der Waals surface area contributed by atoms with Crippen molar-refractivity contribution < 1.29 is 4.58 Å². The molecule has 0 amide bonds. The van der Waals surface area contributed by atoms with Crippen LogP contribution in [0.5, 0.6) is 0 Å². The number of rotatable bonds is 9. The standard InChI is InChI=1S/C23H35N4/c1-5-11-19-18(7-3)20-12-9-8-10-13-21(20)22(19)17-26-23(24)27(4)16-15-25-14-6-2/h5,7,9,11-12,22,25H,3-4,6,8,10,13-17H2,1-2H3,(H2,24,26)/q+1. The molecule has 0 saturated heterocycles. The molecule has 0 aromatic heterocycles. The number of nitrogens with one attached hydrogen (secondary N) is 1. The minimum Gasteiger partial charge on any atom is -0.314 e. The molecule has 0 aliphatic heterocycles. The lowest BCUT2D eigenvalue weighted by molar-refractivity contribution is -0.398. The van der Waals surface area contributed by atoms with Crippen molar-refractivity contribution in [3.63, 3.8) is 0 Å². The van der Waals surface area contributed by atoms with E-state index >= 15 is 0 Å². The summed E-state index contributed by atoms with van der Waals surface area (Å²) >= 11 is 0. The highest BCUT2D eigenvalue weighted by Gasteiger charge is 2.31. The molecule has 4 nitrogen and oxygen atoms in total. The van der Waals surface area contributed by atoms with Gasteiger partial charge in [0.25, 0.3) is 0 Å². The van der Waals surface area contributed by atoms with Gasteiger partial charge in [0.1, 0.15) is 6.54 Å². The smallest absolute Gasteiger partial charge is 0.314 e. The first-order valence-corrected chi connectivity index (χ1v) is 10.1. The number of hydrogen-bond acceptors (Lipinski definition) is 2. The van der Waals surface area contributed by atoms with E-state index in [9.17, 15) is 0 Å². The molecule has 0 aromatic carbocycles. The zero-order valence-electron chi connectivity index (χ0n) is 17.0. The van der Waals surface area contributed by atoms with Crippen molar-refractivity contribution in [3.8, 4) is 0 Å². The van der Waals surface area contributed by atoms with Gasteiger partial charge in [-0.2, -0.15) is 0 Å². The van der Waals surface area contributed by atoms with Gasteiger partial charge in [0.15, 0.2) is 0 Å². The normalized spacial score (nSPS) is 20.4. The van der Waals surface area contributed by atoms with Gasteiger partial charge in [-0.3, -0.25) is 5.73 Å². The second kappa shape index (κ2) is 10.8. The average Bonchev–Trinajstić information content (AvgIpc) is 2.80. The Morgan fingerprint density at radius 1 is 1.44 bits per heavy atom. The molecule has 1 unspecified atom stereocenters. The third-order valence-corrected chi connectivity index (χ3v) is 5.14. The first-order chi connectivity index (χ1) is 13.1. The van der Waals surface area contributed by atoms with E-state index in [1.807, 2.05) is 6.08 Å². The lowest BCUT2D eigenvalue weighted by Gasteiger charge is -2.14. The van der Waals surface area contributed by atoms with Crippen LogP contribution < -0.4 is 11.1 Å². The Hall–Kier alpha value is -2.20. The van der Waals surface area contributed by atoms with Gasteiger partial charge < -0.3 is 5.32 Å². The first-order valence-electron chi connectivity index (χ1n) is 10.1. The highest BCUT2D eigenvalue weighted by atomic mass is 15.2. The fraction of sp³-hybridized carbons (Fsp3) is 0.478. The Morgan fingerprint density at radius 3 is 2.96 bits per heavy atom. The number of aliphatic imine (C=N–C) groups is 1. The zero-order valence-corrected chi connectivity index (χ0v) is 17.0. The molecule has 0 aromatic rings. The SMILES string of the molecule is C=CC1=C(C=CC)C(CN=C(N)[N+](=C)CCNCCC)C2=C1C=CCCC2. The number of allylic oxidation sites excluding steroid dienone is 7. The summed E-state index contributed by atoms with van der Waals surface area (Å²) < 4.78 is 1.79. The van der Waals surface area contributed by atoms with Crippen molar-refractivity contribution in [1.29, 1.82) is 0 Å². The lowest BCUT2D eigenvalue weighted by Crippen LogP contribution is -2.34. The molecule has 0 saturated carbocycles. The maximum absolute atomic E-state index is 6.20. The summed E-state index contributed by atoms with van der Waals surface area (Å²) in [4.78, 5) is 4.70. The summed E-state index contributed by atoms with van der Waals surface area (Å²) in [5, 5.41) is 3.36. The quantitative estimate of drug-likeness (QED) is 0.282. The number of guanidine groups is 1. The highest BCUT2D eigenvalue weighted by Crippen LogP contribution is 2.43. The summed E-state index contributed by atoms with van der Waals surface area (Å²) in [6.45, 7) is 15.6. The van der Waals surface area contributed by atoms with Gasteiger partial charge in [0.2, 0.25) is 0 Å². The van der Waals surface area contributed by atoms with E-state index in [0.717, 1.165) is 38.9 Å². The van der Waals surface area contributed by atoms with E-state index in [2.05, 4.69) is 56.8 Å². The highest BCUT2D eigenvalue weighted by molar-refractivity contribution is 5.71. The third kappa shape index (κ3) is 5.39. The van der Waals surface area contributed by atoms with Crippen LogP contribution in [-0.2, 0) is 0 Å². The van der Waals surface area contributed by atoms with Crippen molar-refractivity contribution >= 4 is 12.7 Å². The largest absolute Gasteiger partial charge is 0.383 e. The van der Waals surface area contributed by atoms with Crippen LogP contribution in [-0.4, -0.2) is 43.4 Å². The van der Waals surface area contributed by atoms with Crippen molar-refractivity contribution in [2.24, 2.45) is 16.6 Å². The average molecular weight is 368 g/mol. The van der Waals surface area contributed by atoms with Crippen LogP contribution >= 0.6 is 0 Å². The monoisotopic (exact) mass is 367 g/mol. The van der Waals surface area contributed by atoms with E-state index in [1.165, 1.54) is 28.7 Å². The number of hydrogen-bond donors (Lipinski definition) is 2. The van der Waals surface area contributed by atoms with Crippen LogP contribution in [0.15, 0.2) is 64.2 Å². The molecule has 0 spiro atoms. The van der Waals surface area contributed by atoms with E-state index in [4.69, 9.17) is 10.7 Å². The molecule has 0 bridgehead atoms. The number of nitrogens with zero attached hydrogens (tertiary/aromatic N) is 2. The molecule has 2 rings (SSSR count). The van der Waals surface area contributed by atoms with Gasteiger partial charge in [0.05, 0.1) is 6.54 Å². The zero-order chi connectivity index (χ0) is 19.6. The van der Waals surface area contributed by atoms with Gasteiger partial charge in [-0.1, -0.05) is 49.5 Å². The van der Waals surface area contributed by atoms with Crippen LogP contribution in [0.3, 0.4) is 0 Å². The molecule has 0 heterocycles. The second-order valence-electron chi connectivity index (χ2n) is 7.07. The minimum absolute atomic E-state index is 0.275. The maximum atomic E-state index is 6.20. The predicted molar refractivity (Wildman–Crippen MR) is 117 cm³/mol. The van der Waals surface area contributed by atoms with E-state index in [-0.39, 0.29) is 5.92 Å². The van der Waals surface area contributed by atoms with Crippen molar-refractivity contribution in [2.75, 3.05) is 26.2 Å². The maximum Gasteiger partial charge on any atom is 0.383 e. The van der Waals surface area contributed by atoms with Crippen LogP contribution in [0.25, 0.3) is 0 Å². The summed E-state index contributed by atoms with van der Waals surface area (Å²) in [5.41, 5.74) is 11.6. The lowest BCUT2D eigenvalue weighted by atomic mass is 9.91. The molecule has 0 radical (unpaired) electrons. The molecule has 3 N–H and O–H groups in total. The molecule has 0 fully saturated rings. The molecule has 27 heavy (non-hydrogen) atoms. The molecule has 146 valence electrons. The summed E-state index contributed by atoms with van der Waals surface area (Å²) in [7, 11) is 0.